The Balaban J connectivity index is 2.42. The van der Waals surface area contributed by atoms with Crippen LogP contribution in [0.25, 0.3) is 11.5 Å². The molecule has 0 fully saturated rings. The minimum absolute atomic E-state index is 0.196. The molecule has 0 saturated heterocycles. The van der Waals surface area contributed by atoms with E-state index in [-0.39, 0.29) is 5.11 Å². The Hall–Kier alpha value is -1.95. The summed E-state index contributed by atoms with van der Waals surface area (Å²) in [4.78, 5) is 0. The molecule has 0 aliphatic carbocycles. The molecule has 0 aliphatic rings. The number of nitrogens with two attached hydrogens (primary N) is 1. The molecule has 0 spiro atoms. The Kier molecular flexibility index (Phi) is 2.59. The van der Waals surface area contributed by atoms with Gasteiger partial charge >= 0.3 is 0 Å². The number of anilines is 1. The molecule has 76 valence electrons. The molecule has 15 heavy (non-hydrogen) atoms. The quantitative estimate of drug-likeness (QED) is 0.745. The van der Waals surface area contributed by atoms with Crippen molar-refractivity contribution in [2.45, 2.75) is 0 Å². The largest absolute Gasteiger partial charge is 0.423 e. The molecule has 1 heterocycles. The van der Waals surface area contributed by atoms with Gasteiger partial charge in [0.15, 0.2) is 5.11 Å². The lowest BCUT2D eigenvalue weighted by Gasteiger charge is -2.06. The van der Waals surface area contributed by atoms with Gasteiger partial charge in [0.2, 0.25) is 12.3 Å². The number of benzene rings is 1. The Morgan fingerprint density at radius 1 is 1.40 bits per heavy atom. The van der Waals surface area contributed by atoms with Gasteiger partial charge in [0.25, 0.3) is 0 Å². The molecule has 2 aromatic rings. The number of thiocarbonyl (C=S) groups is 1. The van der Waals surface area contributed by atoms with Crippen molar-refractivity contribution in [3.8, 4) is 11.5 Å². The molecule has 0 saturated carbocycles. The predicted molar refractivity (Wildman–Crippen MR) is 60.1 cm³/mol. The zero-order valence-corrected chi connectivity index (χ0v) is 8.49. The van der Waals surface area contributed by atoms with Crippen LogP contribution in [0, 0.1) is 0 Å². The minimum Gasteiger partial charge on any atom is -0.423 e. The second-order valence-electron chi connectivity index (χ2n) is 2.78. The monoisotopic (exact) mass is 220 g/mol. The molecule has 5 nitrogen and oxygen atoms in total. The zero-order chi connectivity index (χ0) is 10.7. The normalized spacial score (nSPS) is 9.87. The second-order valence-corrected chi connectivity index (χ2v) is 3.22. The van der Waals surface area contributed by atoms with Crippen molar-refractivity contribution < 1.29 is 4.42 Å². The number of nitrogens with zero attached hydrogens (tertiary/aromatic N) is 2. The third-order valence-electron chi connectivity index (χ3n) is 1.78. The van der Waals surface area contributed by atoms with Gasteiger partial charge in [0.1, 0.15) is 0 Å². The molecule has 1 aromatic heterocycles. The van der Waals surface area contributed by atoms with Crippen LogP contribution in [0.5, 0.6) is 0 Å². The summed E-state index contributed by atoms with van der Waals surface area (Å²) in [6, 6.07) is 7.40. The van der Waals surface area contributed by atoms with Crippen molar-refractivity contribution in [1.82, 2.24) is 10.2 Å². The minimum atomic E-state index is 0.196. The molecule has 0 amide bonds. The summed E-state index contributed by atoms with van der Waals surface area (Å²) in [6.45, 7) is 0. The molecular formula is C9H8N4OS. The fraction of sp³-hybridized carbons (Fsp3) is 0. The van der Waals surface area contributed by atoms with Gasteiger partial charge < -0.3 is 15.5 Å². The lowest BCUT2D eigenvalue weighted by atomic mass is 10.2. The van der Waals surface area contributed by atoms with E-state index in [9.17, 15) is 0 Å². The lowest BCUT2D eigenvalue weighted by Crippen LogP contribution is -2.19. The molecule has 2 rings (SSSR count). The van der Waals surface area contributed by atoms with Crippen LogP contribution in [0.3, 0.4) is 0 Å². The molecule has 6 heteroatoms. The summed E-state index contributed by atoms with van der Waals surface area (Å²) in [6.07, 6.45) is 1.27. The molecule has 0 atom stereocenters. The topological polar surface area (TPSA) is 77.0 Å². The van der Waals surface area contributed by atoms with Gasteiger partial charge in [0.05, 0.1) is 11.3 Å². The highest BCUT2D eigenvalue weighted by Gasteiger charge is 2.08. The number of hydrogen-bond acceptors (Lipinski definition) is 4. The molecule has 0 aliphatic heterocycles. The standard InChI is InChI=1S/C9H8N4OS/c10-9(15)12-7-4-2-1-3-6(7)8-13-11-5-14-8/h1-5H,(H3,10,12,15). The van der Waals surface area contributed by atoms with E-state index >= 15 is 0 Å². The van der Waals surface area contributed by atoms with Gasteiger partial charge in [-0.2, -0.15) is 0 Å². The van der Waals surface area contributed by atoms with E-state index in [1.54, 1.807) is 0 Å². The first-order valence-electron chi connectivity index (χ1n) is 4.19. The van der Waals surface area contributed by atoms with Gasteiger partial charge in [-0.25, -0.2) is 0 Å². The van der Waals surface area contributed by atoms with Crippen LogP contribution >= 0.6 is 12.2 Å². The molecular weight excluding hydrogens is 212 g/mol. The number of hydrogen-bond donors (Lipinski definition) is 2. The van der Waals surface area contributed by atoms with Crippen LogP contribution in [-0.2, 0) is 0 Å². The number of nitrogens with one attached hydrogen (secondary N) is 1. The Morgan fingerprint density at radius 2 is 2.20 bits per heavy atom. The average Bonchev–Trinajstić information content (AvgIpc) is 2.70. The first-order chi connectivity index (χ1) is 7.27. The molecule has 3 N–H and O–H groups in total. The highest BCUT2D eigenvalue weighted by atomic mass is 32.1. The van der Waals surface area contributed by atoms with Crippen LogP contribution in [-0.4, -0.2) is 15.3 Å². The first kappa shape index (κ1) is 9.60. The Morgan fingerprint density at radius 3 is 2.87 bits per heavy atom. The third kappa shape index (κ3) is 2.10. The van der Waals surface area contributed by atoms with E-state index in [0.717, 1.165) is 11.3 Å². The molecule has 0 bridgehead atoms. The first-order valence-corrected chi connectivity index (χ1v) is 4.60. The van der Waals surface area contributed by atoms with Gasteiger partial charge in [-0.3, -0.25) is 0 Å². The number of para-hydroxylation sites is 1. The van der Waals surface area contributed by atoms with E-state index in [4.69, 9.17) is 22.4 Å². The van der Waals surface area contributed by atoms with Crippen LogP contribution in [0.1, 0.15) is 0 Å². The predicted octanol–water partition coefficient (Wildman–Crippen LogP) is 1.39. The summed E-state index contributed by atoms with van der Waals surface area (Å²) in [5, 5.41) is 10.5. The highest BCUT2D eigenvalue weighted by molar-refractivity contribution is 7.80. The summed E-state index contributed by atoms with van der Waals surface area (Å²) in [7, 11) is 0. The fourth-order valence-corrected chi connectivity index (χ4v) is 1.31. The Labute approximate surface area is 91.3 Å². The number of rotatable bonds is 2. The van der Waals surface area contributed by atoms with Crippen LogP contribution in [0.2, 0.25) is 0 Å². The maximum atomic E-state index is 5.40. The van der Waals surface area contributed by atoms with Crippen molar-refractivity contribution in [1.29, 1.82) is 0 Å². The average molecular weight is 220 g/mol. The van der Waals surface area contributed by atoms with Crippen molar-refractivity contribution in [3.63, 3.8) is 0 Å². The Bertz CT molecular complexity index is 469. The van der Waals surface area contributed by atoms with Gasteiger partial charge in [-0.15, -0.1) is 10.2 Å². The van der Waals surface area contributed by atoms with E-state index in [1.165, 1.54) is 6.39 Å². The van der Waals surface area contributed by atoms with Gasteiger partial charge in [-0.05, 0) is 24.4 Å². The van der Waals surface area contributed by atoms with Crippen molar-refractivity contribution in [3.05, 3.63) is 30.7 Å². The SMILES string of the molecule is NC(=S)Nc1ccccc1-c1nnco1. The third-order valence-corrected chi connectivity index (χ3v) is 1.88. The number of aromatic nitrogens is 2. The summed E-state index contributed by atoms with van der Waals surface area (Å²) >= 11 is 4.77. The molecule has 0 unspecified atom stereocenters. The van der Waals surface area contributed by atoms with E-state index in [2.05, 4.69) is 15.5 Å². The van der Waals surface area contributed by atoms with Crippen molar-refractivity contribution in [2.75, 3.05) is 5.32 Å². The zero-order valence-electron chi connectivity index (χ0n) is 7.68. The highest BCUT2D eigenvalue weighted by Crippen LogP contribution is 2.25. The van der Waals surface area contributed by atoms with Crippen molar-refractivity contribution >= 4 is 23.0 Å². The second kappa shape index (κ2) is 4.05. The van der Waals surface area contributed by atoms with Gasteiger partial charge in [0, 0.05) is 0 Å². The van der Waals surface area contributed by atoms with Crippen LogP contribution in [0.15, 0.2) is 35.1 Å². The summed E-state index contributed by atoms with van der Waals surface area (Å²) in [5.74, 6) is 0.425. The van der Waals surface area contributed by atoms with E-state index in [1.807, 2.05) is 24.3 Å². The van der Waals surface area contributed by atoms with Crippen LogP contribution < -0.4 is 11.1 Å². The van der Waals surface area contributed by atoms with Gasteiger partial charge in [-0.1, -0.05) is 12.1 Å². The van der Waals surface area contributed by atoms with Crippen molar-refractivity contribution in [2.24, 2.45) is 5.73 Å². The lowest BCUT2D eigenvalue weighted by molar-refractivity contribution is 0.569. The summed E-state index contributed by atoms with van der Waals surface area (Å²) < 4.78 is 5.10. The maximum Gasteiger partial charge on any atom is 0.249 e. The van der Waals surface area contributed by atoms with E-state index < -0.39 is 0 Å². The maximum absolute atomic E-state index is 5.40. The van der Waals surface area contributed by atoms with Crippen LogP contribution in [0.4, 0.5) is 5.69 Å². The molecule has 0 radical (unpaired) electrons. The summed E-state index contributed by atoms with van der Waals surface area (Å²) in [5.41, 5.74) is 6.91. The smallest absolute Gasteiger partial charge is 0.249 e. The van der Waals surface area contributed by atoms with E-state index in [0.29, 0.717) is 5.89 Å². The molecule has 1 aromatic carbocycles. The fourth-order valence-electron chi connectivity index (χ4n) is 1.20.